The lowest BCUT2D eigenvalue weighted by atomic mass is 10.3. The molecule has 0 radical (unpaired) electrons. The molecule has 0 aliphatic heterocycles. The molecule has 1 aromatic heterocycles. The molecule has 1 aromatic rings. The van der Waals surface area contributed by atoms with Crippen molar-refractivity contribution in [3.8, 4) is 0 Å². The second-order valence-electron chi connectivity index (χ2n) is 3.35. The van der Waals surface area contributed by atoms with Crippen LogP contribution in [0.15, 0.2) is 11.7 Å². The first-order chi connectivity index (χ1) is 6.31. The van der Waals surface area contributed by atoms with E-state index in [1.807, 2.05) is 0 Å². The summed E-state index contributed by atoms with van der Waals surface area (Å²) >= 11 is 1.39. The molecule has 1 aliphatic rings. The van der Waals surface area contributed by atoms with E-state index < -0.39 is 0 Å². The van der Waals surface area contributed by atoms with Gasteiger partial charge in [-0.25, -0.2) is 0 Å². The van der Waals surface area contributed by atoms with Crippen molar-refractivity contribution in [3.05, 3.63) is 16.6 Å². The number of aromatic nitrogens is 1. The lowest BCUT2D eigenvalue weighted by molar-refractivity contribution is 0.0953. The molecule has 70 valence electrons. The van der Waals surface area contributed by atoms with Crippen molar-refractivity contribution in [1.82, 2.24) is 10.3 Å². The number of carbonyl (C=O) groups is 1. The van der Waals surface area contributed by atoms with Gasteiger partial charge in [-0.3, -0.25) is 9.78 Å². The lowest BCUT2D eigenvalue weighted by Crippen LogP contribution is -2.25. The normalized spacial score (nSPS) is 25.6. The monoisotopic (exact) mass is 196 g/mol. The number of nitrogens with one attached hydrogen (secondary N) is 1. The third-order valence-corrected chi connectivity index (χ3v) is 3.19. The predicted octanol–water partition coefficient (Wildman–Crippen LogP) is 1.67. The fraction of sp³-hybridized carbons (Fsp3) is 0.556. The van der Waals surface area contributed by atoms with Crippen molar-refractivity contribution < 1.29 is 4.79 Å². The molecule has 0 aromatic carbocycles. The molecule has 1 saturated carbocycles. The average molecular weight is 196 g/mol. The molecule has 1 aliphatic carbocycles. The Hall–Kier alpha value is -0.900. The van der Waals surface area contributed by atoms with Gasteiger partial charge in [0.25, 0.3) is 5.91 Å². The van der Waals surface area contributed by atoms with Crippen molar-refractivity contribution in [1.29, 1.82) is 0 Å². The number of hydrogen-bond acceptors (Lipinski definition) is 3. The van der Waals surface area contributed by atoms with E-state index in [-0.39, 0.29) is 5.91 Å². The highest BCUT2D eigenvalue weighted by Gasteiger charge is 2.36. The Morgan fingerprint density at radius 3 is 3.23 bits per heavy atom. The highest BCUT2D eigenvalue weighted by atomic mass is 32.1. The number of carbonyl (C=O) groups excluding carboxylic acids is 1. The molecule has 3 nitrogen and oxygen atoms in total. The van der Waals surface area contributed by atoms with Gasteiger partial charge in [-0.2, -0.15) is 0 Å². The molecule has 1 heterocycles. The minimum Gasteiger partial charge on any atom is -0.348 e. The van der Waals surface area contributed by atoms with Crippen LogP contribution in [0.2, 0.25) is 0 Å². The molecule has 1 amide bonds. The van der Waals surface area contributed by atoms with Crippen LogP contribution in [-0.2, 0) is 0 Å². The molecule has 1 N–H and O–H groups in total. The molecule has 1 fully saturated rings. The average Bonchev–Trinajstić information content (AvgIpc) is 2.68. The highest BCUT2D eigenvalue weighted by Crippen LogP contribution is 2.33. The maximum atomic E-state index is 11.5. The van der Waals surface area contributed by atoms with Gasteiger partial charge in [0.2, 0.25) is 0 Å². The fourth-order valence-electron chi connectivity index (χ4n) is 1.44. The van der Waals surface area contributed by atoms with E-state index in [9.17, 15) is 4.79 Å². The minimum atomic E-state index is 0.0310. The molecule has 2 atom stereocenters. The zero-order valence-corrected chi connectivity index (χ0v) is 8.30. The van der Waals surface area contributed by atoms with Crippen molar-refractivity contribution in [2.24, 2.45) is 5.92 Å². The Morgan fingerprint density at radius 1 is 1.85 bits per heavy atom. The van der Waals surface area contributed by atoms with Crippen LogP contribution in [0.1, 0.15) is 29.4 Å². The summed E-state index contributed by atoms with van der Waals surface area (Å²) in [6.45, 7) is 2.16. The number of amides is 1. The van der Waals surface area contributed by atoms with Gasteiger partial charge in [-0.05, 0) is 12.3 Å². The van der Waals surface area contributed by atoms with Gasteiger partial charge in [0, 0.05) is 6.04 Å². The highest BCUT2D eigenvalue weighted by molar-refractivity contribution is 7.11. The van der Waals surface area contributed by atoms with E-state index in [2.05, 4.69) is 17.2 Å². The summed E-state index contributed by atoms with van der Waals surface area (Å²) < 4.78 is 0. The van der Waals surface area contributed by atoms with Gasteiger partial charge in [-0.1, -0.05) is 13.3 Å². The number of hydrogen-bond donors (Lipinski definition) is 1. The van der Waals surface area contributed by atoms with Gasteiger partial charge in [0.1, 0.15) is 4.88 Å². The molecule has 13 heavy (non-hydrogen) atoms. The van der Waals surface area contributed by atoms with Crippen molar-refractivity contribution in [2.45, 2.75) is 25.8 Å². The molecule has 0 saturated heterocycles. The Kier molecular flexibility index (Phi) is 2.31. The van der Waals surface area contributed by atoms with Crippen LogP contribution in [0.5, 0.6) is 0 Å². The van der Waals surface area contributed by atoms with Gasteiger partial charge in [0.15, 0.2) is 0 Å². The summed E-state index contributed by atoms with van der Waals surface area (Å²) in [6.07, 6.45) is 3.91. The minimum absolute atomic E-state index is 0.0310. The largest absolute Gasteiger partial charge is 0.348 e. The van der Waals surface area contributed by atoms with E-state index in [4.69, 9.17) is 0 Å². The summed E-state index contributed by atoms with van der Waals surface area (Å²) in [5.41, 5.74) is 1.68. The molecule has 0 unspecified atom stereocenters. The lowest BCUT2D eigenvalue weighted by Gasteiger charge is -2.00. The van der Waals surface area contributed by atoms with Gasteiger partial charge in [0.05, 0.1) is 11.7 Å². The first-order valence-corrected chi connectivity index (χ1v) is 5.38. The smallest absolute Gasteiger partial charge is 0.263 e. The molecule has 2 rings (SSSR count). The maximum absolute atomic E-state index is 11.5. The van der Waals surface area contributed by atoms with Crippen LogP contribution in [-0.4, -0.2) is 16.9 Å². The summed E-state index contributed by atoms with van der Waals surface area (Å²) in [6, 6.07) is 0.416. The van der Waals surface area contributed by atoms with Crippen LogP contribution in [0.4, 0.5) is 0 Å². The zero-order valence-electron chi connectivity index (χ0n) is 7.49. The Morgan fingerprint density at radius 2 is 2.69 bits per heavy atom. The molecule has 0 bridgehead atoms. The summed E-state index contributed by atoms with van der Waals surface area (Å²) in [4.78, 5) is 16.1. The quantitative estimate of drug-likeness (QED) is 0.799. The van der Waals surface area contributed by atoms with Gasteiger partial charge >= 0.3 is 0 Å². The molecular weight excluding hydrogens is 184 g/mol. The second-order valence-corrected chi connectivity index (χ2v) is 4.24. The molecule has 4 heteroatoms. The molecular formula is C9H12N2OS. The van der Waals surface area contributed by atoms with Crippen molar-refractivity contribution in [2.75, 3.05) is 0 Å². The Bertz CT molecular complexity index is 297. The SMILES string of the molecule is CC[C@@H]1C[C@H]1NC(=O)c1cncs1. The standard InChI is InChI=1S/C9H12N2OS/c1-2-6-3-7(6)11-9(12)8-4-10-5-13-8/h4-7H,2-3H2,1H3,(H,11,12)/t6-,7-/m1/s1. The van der Waals surface area contributed by atoms with Crippen molar-refractivity contribution >= 4 is 17.2 Å². The number of thiazole rings is 1. The summed E-state index contributed by atoms with van der Waals surface area (Å²) in [7, 11) is 0. The fourth-order valence-corrected chi connectivity index (χ4v) is 1.97. The van der Waals surface area contributed by atoms with Gasteiger partial charge in [-0.15, -0.1) is 11.3 Å². The molecule has 0 spiro atoms. The summed E-state index contributed by atoms with van der Waals surface area (Å²) in [5, 5.41) is 2.99. The first kappa shape index (κ1) is 8.69. The zero-order chi connectivity index (χ0) is 9.26. The third kappa shape index (κ3) is 1.88. The Balaban J connectivity index is 1.87. The predicted molar refractivity (Wildman–Crippen MR) is 51.8 cm³/mol. The Labute approximate surface area is 81.2 Å². The van der Waals surface area contributed by atoms with E-state index >= 15 is 0 Å². The topological polar surface area (TPSA) is 42.0 Å². The van der Waals surface area contributed by atoms with Crippen LogP contribution in [0, 0.1) is 5.92 Å². The summed E-state index contributed by atoms with van der Waals surface area (Å²) in [5.74, 6) is 0.736. The maximum Gasteiger partial charge on any atom is 0.263 e. The van der Waals surface area contributed by atoms with Crippen molar-refractivity contribution in [3.63, 3.8) is 0 Å². The number of rotatable bonds is 3. The van der Waals surface area contributed by atoms with E-state index in [0.29, 0.717) is 16.8 Å². The van der Waals surface area contributed by atoms with Crippen LogP contribution < -0.4 is 5.32 Å². The van der Waals surface area contributed by atoms with Crippen LogP contribution >= 0.6 is 11.3 Å². The van der Waals surface area contributed by atoms with Crippen LogP contribution in [0.25, 0.3) is 0 Å². The van der Waals surface area contributed by atoms with E-state index in [1.165, 1.54) is 11.3 Å². The van der Waals surface area contributed by atoms with Gasteiger partial charge < -0.3 is 5.32 Å². The number of nitrogens with zero attached hydrogens (tertiary/aromatic N) is 1. The third-order valence-electron chi connectivity index (χ3n) is 2.42. The van der Waals surface area contributed by atoms with E-state index in [1.54, 1.807) is 11.7 Å². The first-order valence-electron chi connectivity index (χ1n) is 4.50. The van der Waals surface area contributed by atoms with Crippen LogP contribution in [0.3, 0.4) is 0 Å². The second kappa shape index (κ2) is 3.46. The van der Waals surface area contributed by atoms with E-state index in [0.717, 1.165) is 12.8 Å².